The summed E-state index contributed by atoms with van der Waals surface area (Å²) < 4.78 is 0. The summed E-state index contributed by atoms with van der Waals surface area (Å²) in [6.07, 6.45) is 6.41. The molecule has 0 nitrogen and oxygen atoms in total. The molecule has 0 N–H and O–H groups in total. The second-order valence-corrected chi connectivity index (χ2v) is 5.67. The molecule has 4 atom stereocenters. The van der Waals surface area contributed by atoms with Crippen molar-refractivity contribution in [3.63, 3.8) is 0 Å². The molecule has 0 heteroatoms. The van der Waals surface area contributed by atoms with Crippen molar-refractivity contribution < 1.29 is 0 Å². The molecule has 0 radical (unpaired) electrons. The Morgan fingerprint density at radius 3 is 2.55 bits per heavy atom. The van der Waals surface area contributed by atoms with E-state index >= 15 is 0 Å². The van der Waals surface area contributed by atoms with E-state index < -0.39 is 0 Å². The predicted octanol–water partition coefficient (Wildman–Crippen LogP) is 2.69. The van der Waals surface area contributed by atoms with Crippen LogP contribution in [-0.4, -0.2) is 0 Å². The molecule has 60 valence electrons. The van der Waals surface area contributed by atoms with Gasteiger partial charge in [0.1, 0.15) is 0 Å². The van der Waals surface area contributed by atoms with Gasteiger partial charge in [0.2, 0.25) is 0 Å². The second-order valence-electron chi connectivity index (χ2n) is 5.67. The molecule has 0 aromatic carbocycles. The molecule has 5 rings (SSSR count). The van der Waals surface area contributed by atoms with E-state index in [1.54, 1.807) is 25.7 Å². The zero-order valence-electron chi connectivity index (χ0n) is 7.22. The van der Waals surface area contributed by atoms with E-state index in [4.69, 9.17) is 0 Å². The highest BCUT2D eigenvalue weighted by atomic mass is 14.8. The van der Waals surface area contributed by atoms with Crippen molar-refractivity contribution in [2.24, 2.45) is 35.0 Å². The largest absolute Gasteiger partial charge is 0.0588 e. The van der Waals surface area contributed by atoms with Crippen LogP contribution in [0.2, 0.25) is 0 Å². The molecular weight excluding hydrogens is 132 g/mol. The molecule has 0 aromatic rings. The summed E-state index contributed by atoms with van der Waals surface area (Å²) in [5.74, 6) is 6.01. The lowest BCUT2D eigenvalue weighted by Crippen LogP contribution is -2.58. The number of rotatable bonds is 0. The summed E-state index contributed by atoms with van der Waals surface area (Å²) in [5, 5.41) is 0. The topological polar surface area (TPSA) is 0 Å². The van der Waals surface area contributed by atoms with Crippen molar-refractivity contribution >= 4 is 0 Å². The van der Waals surface area contributed by atoms with Crippen LogP contribution in [0.3, 0.4) is 0 Å². The molecule has 2 bridgehead atoms. The van der Waals surface area contributed by atoms with Crippen molar-refractivity contribution in [3.8, 4) is 0 Å². The van der Waals surface area contributed by atoms with Gasteiger partial charge in [-0.05, 0) is 60.7 Å². The summed E-state index contributed by atoms with van der Waals surface area (Å²) in [6.45, 7) is 2.61. The van der Waals surface area contributed by atoms with Gasteiger partial charge < -0.3 is 0 Å². The first-order chi connectivity index (χ1) is 5.32. The van der Waals surface area contributed by atoms with Crippen LogP contribution in [0.1, 0.15) is 32.6 Å². The maximum atomic E-state index is 2.61. The lowest BCUT2D eigenvalue weighted by atomic mass is 9.41. The summed E-state index contributed by atoms with van der Waals surface area (Å²) in [6, 6.07) is 0. The van der Waals surface area contributed by atoms with Gasteiger partial charge in [0.25, 0.3) is 0 Å². The summed E-state index contributed by atoms with van der Waals surface area (Å²) >= 11 is 0. The average molecular weight is 148 g/mol. The molecule has 0 aliphatic heterocycles. The summed E-state index contributed by atoms with van der Waals surface area (Å²) in [4.78, 5) is 0. The van der Waals surface area contributed by atoms with Crippen LogP contribution in [0.15, 0.2) is 0 Å². The van der Waals surface area contributed by atoms with Crippen molar-refractivity contribution in [1.29, 1.82) is 0 Å². The van der Waals surface area contributed by atoms with E-state index in [9.17, 15) is 0 Å². The quantitative estimate of drug-likeness (QED) is 0.495. The maximum absolute atomic E-state index is 2.61. The van der Waals surface area contributed by atoms with E-state index in [0.717, 1.165) is 5.41 Å². The Balaban J connectivity index is 1.84. The Labute approximate surface area is 68.4 Å². The molecule has 5 fully saturated rings. The van der Waals surface area contributed by atoms with Gasteiger partial charge in [-0.25, -0.2) is 0 Å². The normalized spacial score (nSPS) is 75.5. The van der Waals surface area contributed by atoms with E-state index in [1.807, 2.05) is 0 Å². The molecule has 0 saturated heterocycles. The van der Waals surface area contributed by atoms with Crippen LogP contribution in [0, 0.1) is 35.0 Å². The molecule has 5 saturated carbocycles. The predicted molar refractivity (Wildman–Crippen MR) is 44.0 cm³/mol. The molecule has 0 amide bonds. The minimum absolute atomic E-state index is 0.883. The van der Waals surface area contributed by atoms with Crippen LogP contribution >= 0.6 is 0 Å². The van der Waals surface area contributed by atoms with Crippen LogP contribution in [0.25, 0.3) is 0 Å². The van der Waals surface area contributed by atoms with Gasteiger partial charge >= 0.3 is 0 Å². The lowest BCUT2D eigenvalue weighted by molar-refractivity contribution is -0.160. The molecule has 0 spiro atoms. The summed E-state index contributed by atoms with van der Waals surface area (Å²) in [7, 11) is 0. The highest BCUT2D eigenvalue weighted by Crippen LogP contribution is 2.81. The Bertz CT molecular complexity index is 226. The van der Waals surface area contributed by atoms with Crippen molar-refractivity contribution in [3.05, 3.63) is 0 Å². The first-order valence-electron chi connectivity index (χ1n) is 5.32. The average Bonchev–Trinajstić information content (AvgIpc) is 2.09. The molecule has 4 unspecified atom stereocenters. The first kappa shape index (κ1) is 5.61. The van der Waals surface area contributed by atoms with Gasteiger partial charge in [0.05, 0.1) is 0 Å². The van der Waals surface area contributed by atoms with Crippen LogP contribution in [0.4, 0.5) is 0 Å². The number of hydrogen-bond donors (Lipinski definition) is 0. The van der Waals surface area contributed by atoms with Crippen LogP contribution < -0.4 is 0 Å². The third-order valence-corrected chi connectivity index (χ3v) is 5.87. The van der Waals surface area contributed by atoms with Gasteiger partial charge in [0.15, 0.2) is 0 Å². The molecular formula is C11H16. The Morgan fingerprint density at radius 1 is 1.18 bits per heavy atom. The van der Waals surface area contributed by atoms with Gasteiger partial charge in [0, 0.05) is 0 Å². The van der Waals surface area contributed by atoms with E-state index in [2.05, 4.69) is 6.92 Å². The highest BCUT2D eigenvalue weighted by Gasteiger charge is 2.74. The van der Waals surface area contributed by atoms with Crippen LogP contribution in [0.5, 0.6) is 0 Å². The fourth-order valence-corrected chi connectivity index (χ4v) is 5.21. The molecule has 11 heavy (non-hydrogen) atoms. The first-order valence-corrected chi connectivity index (χ1v) is 5.32. The maximum Gasteiger partial charge on any atom is -0.0233 e. The molecule has 5 aliphatic rings. The SMILES string of the molecule is CC12C3CC(C3)C1C1CCC12. The van der Waals surface area contributed by atoms with E-state index in [0.29, 0.717) is 0 Å². The molecule has 5 aliphatic carbocycles. The Morgan fingerprint density at radius 2 is 2.00 bits per heavy atom. The van der Waals surface area contributed by atoms with E-state index in [-0.39, 0.29) is 0 Å². The van der Waals surface area contributed by atoms with Crippen molar-refractivity contribution in [1.82, 2.24) is 0 Å². The van der Waals surface area contributed by atoms with Crippen molar-refractivity contribution in [2.75, 3.05) is 0 Å². The fraction of sp³-hybridized carbons (Fsp3) is 1.00. The van der Waals surface area contributed by atoms with Crippen LogP contribution in [-0.2, 0) is 0 Å². The minimum atomic E-state index is 0.883. The van der Waals surface area contributed by atoms with Crippen molar-refractivity contribution in [2.45, 2.75) is 32.6 Å². The lowest BCUT2D eigenvalue weighted by Gasteiger charge is -2.64. The highest BCUT2D eigenvalue weighted by molar-refractivity contribution is 5.23. The van der Waals surface area contributed by atoms with Gasteiger partial charge in [-0.3, -0.25) is 0 Å². The smallest absolute Gasteiger partial charge is 0.0233 e. The Hall–Kier alpha value is 0. The second kappa shape index (κ2) is 1.30. The fourth-order valence-electron chi connectivity index (χ4n) is 5.21. The Kier molecular flexibility index (Phi) is 0.661. The van der Waals surface area contributed by atoms with Gasteiger partial charge in [-0.15, -0.1) is 0 Å². The summed E-state index contributed by atoms with van der Waals surface area (Å²) in [5.41, 5.74) is 0.883. The monoisotopic (exact) mass is 148 g/mol. The minimum Gasteiger partial charge on any atom is -0.0588 e. The number of hydrogen-bond acceptors (Lipinski definition) is 0. The zero-order chi connectivity index (χ0) is 7.22. The molecule has 0 aromatic heterocycles. The third kappa shape index (κ3) is 0.346. The zero-order valence-corrected chi connectivity index (χ0v) is 7.22. The van der Waals surface area contributed by atoms with Gasteiger partial charge in [-0.2, -0.15) is 0 Å². The van der Waals surface area contributed by atoms with Gasteiger partial charge in [-0.1, -0.05) is 6.92 Å². The number of fused-ring (bicyclic) bond motifs is 1. The molecule has 0 heterocycles. The van der Waals surface area contributed by atoms with E-state index in [1.165, 1.54) is 29.6 Å². The standard InChI is InChI=1S/C11H16/c1-11-7-4-6(5-7)10(11)8-2-3-9(8)11/h6-10H,2-5H2,1H3. The third-order valence-electron chi connectivity index (χ3n) is 5.87.